The summed E-state index contributed by atoms with van der Waals surface area (Å²) < 4.78 is 0. The Morgan fingerprint density at radius 3 is 2.00 bits per heavy atom. The highest BCUT2D eigenvalue weighted by Crippen LogP contribution is 2.22. The van der Waals surface area contributed by atoms with E-state index in [0.29, 0.717) is 0 Å². The first kappa shape index (κ1) is 7.96. The molecule has 0 unspecified atom stereocenters. The van der Waals surface area contributed by atoms with E-state index in [2.05, 4.69) is 0 Å². The van der Waals surface area contributed by atoms with Gasteiger partial charge in [-0.3, -0.25) is 0 Å². The molecule has 2 N–H and O–H groups in total. The van der Waals surface area contributed by atoms with Crippen LogP contribution in [0.25, 0.3) is 0 Å². The van der Waals surface area contributed by atoms with Gasteiger partial charge in [0.1, 0.15) is 0 Å². The van der Waals surface area contributed by atoms with Gasteiger partial charge in [-0.1, -0.05) is 20.3 Å². The second-order valence-corrected chi connectivity index (χ2v) is 2.39. The number of hydrogen-bond acceptors (Lipinski definition) is 1. The normalized spacial score (nSPS) is 20.6. The first-order chi connectivity index (χ1) is 3.43. The highest BCUT2D eigenvalue weighted by atomic mass is 14.5. The summed E-state index contributed by atoms with van der Waals surface area (Å²) >= 11 is 0. The van der Waals surface area contributed by atoms with E-state index in [-0.39, 0.29) is 7.43 Å². The molecule has 8 heavy (non-hydrogen) atoms. The third-order valence-electron chi connectivity index (χ3n) is 1.81. The third kappa shape index (κ3) is 1.83. The van der Waals surface area contributed by atoms with Crippen LogP contribution in [0.4, 0.5) is 0 Å². The van der Waals surface area contributed by atoms with E-state index in [0.717, 1.165) is 12.5 Å². The molecule has 0 heterocycles. The van der Waals surface area contributed by atoms with Crippen molar-refractivity contribution >= 4 is 0 Å². The Labute approximate surface area is 52.3 Å². The Morgan fingerprint density at radius 1 is 1.25 bits per heavy atom. The van der Waals surface area contributed by atoms with Crippen molar-refractivity contribution in [2.24, 2.45) is 11.7 Å². The standard InChI is InChI=1S/C6H13N.CH4/c7-5-6-3-1-2-4-6;/h6H,1-5,7H2;1H4. The molecule has 1 rings (SSSR count). The monoisotopic (exact) mass is 115 g/mol. The van der Waals surface area contributed by atoms with Gasteiger partial charge >= 0.3 is 0 Å². The van der Waals surface area contributed by atoms with Crippen LogP contribution in [0.15, 0.2) is 0 Å². The van der Waals surface area contributed by atoms with Crippen molar-refractivity contribution in [3.63, 3.8) is 0 Å². The summed E-state index contributed by atoms with van der Waals surface area (Å²) in [4.78, 5) is 0. The van der Waals surface area contributed by atoms with Gasteiger partial charge in [0.05, 0.1) is 0 Å². The van der Waals surface area contributed by atoms with Gasteiger partial charge in [0.2, 0.25) is 0 Å². The maximum atomic E-state index is 5.43. The first-order valence-electron chi connectivity index (χ1n) is 3.13. The second kappa shape index (κ2) is 3.90. The average molecular weight is 115 g/mol. The Balaban J connectivity index is 0.000000490. The fourth-order valence-electron chi connectivity index (χ4n) is 1.25. The number of rotatable bonds is 1. The van der Waals surface area contributed by atoms with E-state index in [4.69, 9.17) is 5.73 Å². The zero-order chi connectivity index (χ0) is 5.11. The van der Waals surface area contributed by atoms with Crippen molar-refractivity contribution in [2.45, 2.75) is 33.1 Å². The lowest BCUT2D eigenvalue weighted by Gasteiger charge is -1.99. The fourth-order valence-corrected chi connectivity index (χ4v) is 1.25. The maximum absolute atomic E-state index is 5.43. The molecule has 1 aliphatic rings. The van der Waals surface area contributed by atoms with Gasteiger partial charge in [-0.25, -0.2) is 0 Å². The number of nitrogens with two attached hydrogens (primary N) is 1. The van der Waals surface area contributed by atoms with Crippen LogP contribution in [0, 0.1) is 5.92 Å². The van der Waals surface area contributed by atoms with Gasteiger partial charge in [-0.2, -0.15) is 0 Å². The molecule has 0 atom stereocenters. The van der Waals surface area contributed by atoms with Crippen LogP contribution in [0.1, 0.15) is 33.1 Å². The molecule has 0 spiro atoms. The van der Waals surface area contributed by atoms with Crippen molar-refractivity contribution in [1.82, 2.24) is 0 Å². The highest BCUT2D eigenvalue weighted by molar-refractivity contribution is 4.66. The van der Waals surface area contributed by atoms with E-state index in [1.165, 1.54) is 25.7 Å². The Morgan fingerprint density at radius 2 is 1.75 bits per heavy atom. The lowest BCUT2D eigenvalue weighted by molar-refractivity contribution is 0.562. The van der Waals surface area contributed by atoms with Gasteiger partial charge in [0.15, 0.2) is 0 Å². The van der Waals surface area contributed by atoms with Crippen molar-refractivity contribution in [3.8, 4) is 0 Å². The molecule has 1 fully saturated rings. The molecule has 0 radical (unpaired) electrons. The quantitative estimate of drug-likeness (QED) is 0.553. The van der Waals surface area contributed by atoms with Crippen LogP contribution >= 0.6 is 0 Å². The van der Waals surface area contributed by atoms with Crippen LogP contribution in [-0.2, 0) is 0 Å². The minimum absolute atomic E-state index is 0. The molecular weight excluding hydrogens is 98.1 g/mol. The molecule has 0 amide bonds. The summed E-state index contributed by atoms with van der Waals surface area (Å²) in [7, 11) is 0. The lowest BCUT2D eigenvalue weighted by atomic mass is 10.1. The molecule has 0 aliphatic heterocycles. The minimum Gasteiger partial charge on any atom is -0.330 e. The van der Waals surface area contributed by atoms with E-state index < -0.39 is 0 Å². The minimum atomic E-state index is 0. The van der Waals surface area contributed by atoms with Crippen LogP contribution in [0.3, 0.4) is 0 Å². The third-order valence-corrected chi connectivity index (χ3v) is 1.81. The molecule has 1 heteroatoms. The maximum Gasteiger partial charge on any atom is -0.00489 e. The zero-order valence-corrected chi connectivity index (χ0v) is 4.69. The summed E-state index contributed by atoms with van der Waals surface area (Å²) in [6.07, 6.45) is 5.61. The summed E-state index contributed by atoms with van der Waals surface area (Å²) in [5, 5.41) is 0. The van der Waals surface area contributed by atoms with Gasteiger partial charge in [0, 0.05) is 0 Å². The van der Waals surface area contributed by atoms with E-state index in [1.54, 1.807) is 0 Å². The molecule has 0 aromatic carbocycles. The smallest absolute Gasteiger partial charge is 0.00489 e. The fraction of sp³-hybridized carbons (Fsp3) is 1.00. The predicted octanol–water partition coefficient (Wildman–Crippen LogP) is 1.77. The average Bonchev–Trinajstić information content (AvgIpc) is 2.14. The van der Waals surface area contributed by atoms with Crippen molar-refractivity contribution in [3.05, 3.63) is 0 Å². The highest BCUT2D eigenvalue weighted by Gasteiger charge is 2.11. The molecule has 1 saturated carbocycles. The van der Waals surface area contributed by atoms with Crippen molar-refractivity contribution < 1.29 is 0 Å². The van der Waals surface area contributed by atoms with Crippen LogP contribution in [0.2, 0.25) is 0 Å². The van der Waals surface area contributed by atoms with E-state index >= 15 is 0 Å². The Kier molecular flexibility index (Phi) is 3.88. The van der Waals surface area contributed by atoms with Crippen LogP contribution in [-0.4, -0.2) is 6.54 Å². The number of hydrogen-bond donors (Lipinski definition) is 1. The SMILES string of the molecule is C.NCC1CCCC1. The topological polar surface area (TPSA) is 26.0 Å². The van der Waals surface area contributed by atoms with Crippen LogP contribution < -0.4 is 5.73 Å². The first-order valence-corrected chi connectivity index (χ1v) is 3.13. The molecule has 0 saturated heterocycles. The Hall–Kier alpha value is -0.0400. The summed E-state index contributed by atoms with van der Waals surface area (Å²) in [5.74, 6) is 0.875. The van der Waals surface area contributed by atoms with E-state index in [1.807, 2.05) is 0 Å². The Bertz CT molecular complexity index is 46.3. The van der Waals surface area contributed by atoms with E-state index in [9.17, 15) is 0 Å². The summed E-state index contributed by atoms with van der Waals surface area (Å²) in [5.41, 5.74) is 5.43. The van der Waals surface area contributed by atoms with Gasteiger partial charge < -0.3 is 5.73 Å². The molecule has 50 valence electrons. The molecule has 1 nitrogen and oxygen atoms in total. The van der Waals surface area contributed by atoms with Crippen molar-refractivity contribution in [1.29, 1.82) is 0 Å². The zero-order valence-electron chi connectivity index (χ0n) is 4.69. The molecule has 0 aromatic heterocycles. The second-order valence-electron chi connectivity index (χ2n) is 2.39. The molecular formula is C7H17N. The van der Waals surface area contributed by atoms with Gasteiger partial charge in [0.25, 0.3) is 0 Å². The van der Waals surface area contributed by atoms with Crippen LogP contribution in [0.5, 0.6) is 0 Å². The van der Waals surface area contributed by atoms with Gasteiger partial charge in [-0.05, 0) is 25.3 Å². The van der Waals surface area contributed by atoms with Gasteiger partial charge in [-0.15, -0.1) is 0 Å². The molecule has 0 aromatic rings. The summed E-state index contributed by atoms with van der Waals surface area (Å²) in [6, 6.07) is 0. The molecule has 1 aliphatic carbocycles. The molecule has 0 bridgehead atoms. The predicted molar refractivity (Wildman–Crippen MR) is 37.7 cm³/mol. The lowest BCUT2D eigenvalue weighted by Crippen LogP contribution is -2.09. The largest absolute Gasteiger partial charge is 0.330 e. The van der Waals surface area contributed by atoms with Crippen molar-refractivity contribution in [2.75, 3.05) is 6.54 Å². The summed E-state index contributed by atoms with van der Waals surface area (Å²) in [6.45, 7) is 0.917.